The minimum Gasteiger partial charge on any atom is -0.480 e. The van der Waals surface area contributed by atoms with Crippen LogP contribution >= 0.6 is 11.8 Å². The summed E-state index contributed by atoms with van der Waals surface area (Å²) in [6.45, 7) is 1.80. The summed E-state index contributed by atoms with van der Waals surface area (Å²) in [6.07, 6.45) is -0.100. The van der Waals surface area contributed by atoms with Crippen molar-refractivity contribution in [3.63, 3.8) is 0 Å². The van der Waals surface area contributed by atoms with Crippen LogP contribution in [0.1, 0.15) is 17.5 Å². The van der Waals surface area contributed by atoms with E-state index >= 15 is 0 Å². The Morgan fingerprint density at radius 2 is 1.92 bits per heavy atom. The predicted octanol–water partition coefficient (Wildman–Crippen LogP) is 0.530. The molecule has 0 aliphatic carbocycles. The number of H-pyrrole nitrogens is 1. The Balaban J connectivity index is 1.60. The largest absolute Gasteiger partial charge is 0.480 e. The first-order chi connectivity index (χ1) is 18.2. The summed E-state index contributed by atoms with van der Waals surface area (Å²) in [5, 5.41) is 11.4. The van der Waals surface area contributed by atoms with Crippen LogP contribution in [0.15, 0.2) is 29.1 Å². The molecule has 206 valence electrons. The number of methoxy groups -OCH3 is 1. The summed E-state index contributed by atoms with van der Waals surface area (Å²) in [4.78, 5) is 49.4. The molecule has 3 rings (SSSR count). The van der Waals surface area contributed by atoms with Crippen molar-refractivity contribution in [3.05, 3.63) is 45.9 Å². The number of nitrogens with two attached hydrogens (primary N) is 1. The third-order valence-electron chi connectivity index (χ3n) is 5.51. The number of thioether (sulfide) groups is 1. The van der Waals surface area contributed by atoms with E-state index in [1.165, 1.54) is 16.3 Å². The number of amides is 1. The van der Waals surface area contributed by atoms with Gasteiger partial charge in [0.15, 0.2) is 11.5 Å². The average molecular weight is 548 g/mol. The molecule has 0 radical (unpaired) electrons. The molecule has 38 heavy (non-hydrogen) atoms. The summed E-state index contributed by atoms with van der Waals surface area (Å²) in [6, 6.07) is 7.39. The molecule has 0 saturated heterocycles. The number of hydrogen-bond acceptors (Lipinski definition) is 10. The Morgan fingerprint density at radius 3 is 2.58 bits per heavy atom. The number of carbonyl (C=O) groups excluding carboxylic acids is 1. The monoisotopic (exact) mass is 547 g/mol. The number of aromatic nitrogens is 4. The highest BCUT2D eigenvalue weighted by molar-refractivity contribution is 8.00. The quantitative estimate of drug-likeness (QED) is 0.195. The number of nitrogens with zero attached hydrogens (tertiary/aromatic N) is 4. The van der Waals surface area contributed by atoms with Gasteiger partial charge in [-0.05, 0) is 25.2 Å². The van der Waals surface area contributed by atoms with E-state index in [4.69, 9.17) is 15.2 Å². The lowest BCUT2D eigenvalue weighted by atomic mass is 10.1. The van der Waals surface area contributed by atoms with Gasteiger partial charge in [-0.2, -0.15) is 9.97 Å². The molecule has 0 fully saturated rings. The summed E-state index contributed by atoms with van der Waals surface area (Å²) in [5.41, 5.74) is 7.90. The van der Waals surface area contributed by atoms with E-state index in [1.807, 2.05) is 43.3 Å². The summed E-state index contributed by atoms with van der Waals surface area (Å²) >= 11 is 1.26. The number of nitrogen functional groups attached to an aromatic ring is 1. The predicted molar refractivity (Wildman–Crippen MR) is 144 cm³/mol. The number of anilines is 1. The number of carboxylic acids is 1. The summed E-state index contributed by atoms with van der Waals surface area (Å²) in [7, 11) is 5.37. The maximum Gasteiger partial charge on any atom is 0.328 e. The minimum atomic E-state index is -0.999. The number of aromatic amines is 1. The van der Waals surface area contributed by atoms with Crippen molar-refractivity contribution in [3.8, 4) is 6.01 Å². The third-order valence-corrected chi connectivity index (χ3v) is 6.69. The first-order valence-corrected chi connectivity index (χ1v) is 12.9. The smallest absolute Gasteiger partial charge is 0.328 e. The average Bonchev–Trinajstić information content (AvgIpc) is 3.18. The second-order valence-corrected chi connectivity index (χ2v) is 10.1. The van der Waals surface area contributed by atoms with Crippen molar-refractivity contribution in [2.45, 2.75) is 24.8 Å². The second-order valence-electron chi connectivity index (χ2n) is 8.75. The summed E-state index contributed by atoms with van der Waals surface area (Å²) < 4.78 is 11.8. The van der Waals surface area contributed by atoms with E-state index in [0.717, 1.165) is 17.7 Å². The molecule has 1 atom stereocenters. The molecule has 1 aromatic carbocycles. The third kappa shape index (κ3) is 8.19. The highest BCUT2D eigenvalue weighted by Crippen LogP contribution is 2.19. The van der Waals surface area contributed by atoms with Gasteiger partial charge in [0, 0.05) is 32.4 Å². The Bertz CT molecular complexity index is 1290. The fourth-order valence-corrected chi connectivity index (χ4v) is 4.61. The van der Waals surface area contributed by atoms with Gasteiger partial charge in [0.05, 0.1) is 13.2 Å². The van der Waals surface area contributed by atoms with Crippen LogP contribution in [-0.4, -0.2) is 93.4 Å². The van der Waals surface area contributed by atoms with Crippen molar-refractivity contribution >= 4 is 40.6 Å². The normalized spacial score (nSPS) is 12.1. The van der Waals surface area contributed by atoms with Gasteiger partial charge in [0.25, 0.3) is 0 Å². The Labute approximate surface area is 223 Å². The van der Waals surface area contributed by atoms with Crippen LogP contribution in [0, 0.1) is 0 Å². The second kappa shape index (κ2) is 13.8. The van der Waals surface area contributed by atoms with Crippen molar-refractivity contribution in [2.24, 2.45) is 0 Å². The first-order valence-electron chi connectivity index (χ1n) is 11.9. The fraction of sp³-hybridized carbons (Fsp3) is 0.458. The molecule has 1 amide bonds. The zero-order valence-electron chi connectivity index (χ0n) is 21.6. The molecule has 3 aromatic rings. The van der Waals surface area contributed by atoms with Gasteiger partial charge in [0.2, 0.25) is 5.91 Å². The number of imidazole rings is 1. The molecular weight excluding hydrogens is 514 g/mol. The molecular formula is C24H33N7O6S. The number of rotatable bonds is 15. The molecule has 0 aliphatic heterocycles. The lowest BCUT2D eigenvalue weighted by molar-refractivity contribution is -0.138. The van der Waals surface area contributed by atoms with Crippen LogP contribution in [0.5, 0.6) is 6.01 Å². The number of carboxylic acid groups (broad SMARTS) is 1. The molecule has 0 aliphatic rings. The standard InChI is InChI=1S/C24H33N7O6S/c1-30(2)8-11-38-17(22(33)34)12-18(32)26-13-15-4-6-16(7-5-15)14-31-21-19(27-24(31)35)20(25)28-23(29-21)37-10-9-36-3/h4-7,17H,8-14H2,1-3H3,(H,26,32)(H,27,35)(H,33,34)(H2,25,28,29). The van der Waals surface area contributed by atoms with Gasteiger partial charge in [-0.15, -0.1) is 11.8 Å². The Kier molecular flexibility index (Phi) is 10.5. The van der Waals surface area contributed by atoms with Crippen LogP contribution in [-0.2, 0) is 27.4 Å². The van der Waals surface area contributed by atoms with Crippen LogP contribution in [0.2, 0.25) is 0 Å². The number of nitrogens with one attached hydrogen (secondary N) is 2. The van der Waals surface area contributed by atoms with Crippen molar-refractivity contribution in [1.29, 1.82) is 0 Å². The van der Waals surface area contributed by atoms with Crippen LogP contribution < -0.4 is 21.5 Å². The van der Waals surface area contributed by atoms with E-state index in [0.29, 0.717) is 23.5 Å². The number of carbonyl (C=O) groups is 2. The number of fused-ring (bicyclic) bond motifs is 1. The molecule has 1 unspecified atom stereocenters. The van der Waals surface area contributed by atoms with Gasteiger partial charge < -0.3 is 35.5 Å². The van der Waals surface area contributed by atoms with Gasteiger partial charge in [-0.3, -0.25) is 14.2 Å². The highest BCUT2D eigenvalue weighted by Gasteiger charge is 2.21. The Hall–Kier alpha value is -3.62. The molecule has 5 N–H and O–H groups in total. The van der Waals surface area contributed by atoms with Crippen molar-refractivity contribution in [2.75, 3.05) is 52.5 Å². The van der Waals surface area contributed by atoms with E-state index in [1.54, 1.807) is 7.11 Å². The lowest BCUT2D eigenvalue weighted by Gasteiger charge is -2.14. The fourth-order valence-electron chi connectivity index (χ4n) is 3.44. The first kappa shape index (κ1) is 28.9. The molecule has 13 nitrogen and oxygen atoms in total. The van der Waals surface area contributed by atoms with Crippen molar-refractivity contribution < 1.29 is 24.2 Å². The number of hydrogen-bond donors (Lipinski definition) is 4. The van der Waals surface area contributed by atoms with Crippen LogP contribution in [0.4, 0.5) is 5.82 Å². The Morgan fingerprint density at radius 1 is 1.21 bits per heavy atom. The molecule has 2 aromatic heterocycles. The van der Waals surface area contributed by atoms with Gasteiger partial charge in [-0.1, -0.05) is 24.3 Å². The van der Waals surface area contributed by atoms with E-state index in [-0.39, 0.29) is 49.5 Å². The zero-order valence-corrected chi connectivity index (χ0v) is 22.4. The highest BCUT2D eigenvalue weighted by atomic mass is 32.2. The lowest BCUT2D eigenvalue weighted by Crippen LogP contribution is -2.30. The number of ether oxygens (including phenoxy) is 2. The number of benzene rings is 1. The molecule has 0 spiro atoms. The van der Waals surface area contributed by atoms with Gasteiger partial charge in [0.1, 0.15) is 17.4 Å². The summed E-state index contributed by atoms with van der Waals surface area (Å²) in [5.74, 6) is -0.601. The molecule has 2 heterocycles. The van der Waals surface area contributed by atoms with E-state index in [2.05, 4.69) is 20.3 Å². The minimum absolute atomic E-state index is 0.0483. The molecule has 14 heteroatoms. The maximum absolute atomic E-state index is 12.6. The van der Waals surface area contributed by atoms with E-state index < -0.39 is 11.2 Å². The zero-order chi connectivity index (χ0) is 27.7. The topological polar surface area (TPSA) is 178 Å². The molecule has 0 bridgehead atoms. The van der Waals surface area contributed by atoms with E-state index in [9.17, 15) is 19.5 Å². The van der Waals surface area contributed by atoms with Crippen LogP contribution in [0.25, 0.3) is 11.2 Å². The van der Waals surface area contributed by atoms with Gasteiger partial charge >= 0.3 is 17.7 Å². The van der Waals surface area contributed by atoms with Crippen LogP contribution in [0.3, 0.4) is 0 Å². The van der Waals surface area contributed by atoms with Crippen molar-refractivity contribution in [1.82, 2.24) is 29.7 Å². The van der Waals surface area contributed by atoms with Gasteiger partial charge in [-0.25, -0.2) is 4.79 Å². The molecule has 0 saturated carbocycles. The SMILES string of the molecule is COCCOc1nc(N)c2[nH]c(=O)n(Cc3ccc(CNC(=O)CC(SCCN(C)C)C(=O)O)cc3)c2n1. The maximum atomic E-state index is 12.6. The number of aliphatic carboxylic acids is 1.